The first-order valence-corrected chi connectivity index (χ1v) is 6.96. The van der Waals surface area contributed by atoms with E-state index < -0.39 is 8.32 Å². The molecule has 60 valence electrons. The Morgan fingerprint density at radius 1 is 1.30 bits per heavy atom. The number of hydrogen-bond donors (Lipinski definition) is 0. The van der Waals surface area contributed by atoms with Crippen LogP contribution in [-0.2, 0) is 9.22 Å². The maximum absolute atomic E-state index is 11.0. The summed E-state index contributed by atoms with van der Waals surface area (Å²) in [5.41, 5.74) is 0. The Hall–Kier alpha value is -0.313. The molecule has 0 N–H and O–H groups in total. The fourth-order valence-electron chi connectivity index (χ4n) is 0.420. The van der Waals surface area contributed by atoms with E-state index in [2.05, 4.69) is 0 Å². The van der Waals surface area contributed by atoms with Crippen molar-refractivity contribution in [3.05, 3.63) is 0 Å². The summed E-state index contributed by atoms with van der Waals surface area (Å²) in [6.07, 6.45) is 0. The number of rotatable bonds is 2. The standard InChI is InChI=1S/C7H16O2Si/c1-6(2)7(8)9-10(3,4)5/h6H,1-5H3. The summed E-state index contributed by atoms with van der Waals surface area (Å²) >= 11 is 0. The van der Waals surface area contributed by atoms with E-state index in [0.717, 1.165) is 0 Å². The summed E-state index contributed by atoms with van der Waals surface area (Å²) in [6, 6.07) is 0. The second kappa shape index (κ2) is 3.19. The number of hydrogen-bond acceptors (Lipinski definition) is 2. The molecular weight excluding hydrogens is 144 g/mol. The smallest absolute Gasteiger partial charge is 0.295 e. The Kier molecular flexibility index (Phi) is 3.09. The van der Waals surface area contributed by atoms with Gasteiger partial charge in [0.25, 0.3) is 5.97 Å². The monoisotopic (exact) mass is 160 g/mol. The Morgan fingerprint density at radius 2 is 1.70 bits per heavy atom. The van der Waals surface area contributed by atoms with E-state index in [0.29, 0.717) is 0 Å². The minimum Gasteiger partial charge on any atom is -0.520 e. The SMILES string of the molecule is CC(C)C(=O)O[Si](C)(C)C. The highest BCUT2D eigenvalue weighted by Crippen LogP contribution is 2.06. The van der Waals surface area contributed by atoms with Crippen LogP contribution in [0.25, 0.3) is 0 Å². The molecule has 0 unspecified atom stereocenters. The largest absolute Gasteiger partial charge is 0.520 e. The maximum Gasteiger partial charge on any atom is 0.295 e. The highest BCUT2D eigenvalue weighted by Gasteiger charge is 2.21. The normalized spacial score (nSPS) is 11.8. The minimum absolute atomic E-state index is 0.00623. The lowest BCUT2D eigenvalue weighted by atomic mass is 10.2. The molecule has 0 saturated heterocycles. The van der Waals surface area contributed by atoms with Crippen LogP contribution >= 0.6 is 0 Å². The molecule has 3 heteroatoms. The van der Waals surface area contributed by atoms with Gasteiger partial charge < -0.3 is 4.43 Å². The average Bonchev–Trinajstić information content (AvgIpc) is 1.60. The molecule has 0 aromatic heterocycles. The number of carbonyl (C=O) groups is 1. The molecule has 0 bridgehead atoms. The van der Waals surface area contributed by atoms with Gasteiger partial charge in [0.2, 0.25) is 8.32 Å². The summed E-state index contributed by atoms with van der Waals surface area (Å²) in [5, 5.41) is 0. The third kappa shape index (κ3) is 4.55. The molecule has 0 radical (unpaired) electrons. The van der Waals surface area contributed by atoms with Crippen molar-refractivity contribution < 1.29 is 9.22 Å². The lowest BCUT2D eigenvalue weighted by Gasteiger charge is -2.18. The maximum atomic E-state index is 11.0. The first-order valence-electron chi connectivity index (χ1n) is 3.56. The van der Waals surface area contributed by atoms with Crippen molar-refractivity contribution in [3.8, 4) is 0 Å². The molecular formula is C7H16O2Si. The molecule has 0 spiro atoms. The van der Waals surface area contributed by atoms with Gasteiger partial charge in [0, 0.05) is 5.92 Å². The van der Waals surface area contributed by atoms with E-state index in [4.69, 9.17) is 4.43 Å². The summed E-state index contributed by atoms with van der Waals surface area (Å²) in [5.74, 6) is -0.0640. The zero-order valence-electron chi connectivity index (χ0n) is 7.39. The van der Waals surface area contributed by atoms with Crippen molar-refractivity contribution >= 4 is 14.3 Å². The second-order valence-corrected chi connectivity index (χ2v) is 8.12. The van der Waals surface area contributed by atoms with E-state index in [1.165, 1.54) is 0 Å². The molecule has 2 nitrogen and oxygen atoms in total. The molecule has 0 amide bonds. The van der Waals surface area contributed by atoms with Gasteiger partial charge in [0.15, 0.2) is 0 Å². The van der Waals surface area contributed by atoms with Crippen LogP contribution in [-0.4, -0.2) is 14.3 Å². The zero-order chi connectivity index (χ0) is 8.36. The predicted octanol–water partition coefficient (Wildman–Crippen LogP) is 2.02. The van der Waals surface area contributed by atoms with Crippen LogP contribution in [0.1, 0.15) is 13.8 Å². The quantitative estimate of drug-likeness (QED) is 0.578. The highest BCUT2D eigenvalue weighted by atomic mass is 28.4. The summed E-state index contributed by atoms with van der Waals surface area (Å²) in [4.78, 5) is 11.0. The van der Waals surface area contributed by atoms with Crippen molar-refractivity contribution in [2.24, 2.45) is 5.92 Å². The summed E-state index contributed by atoms with van der Waals surface area (Å²) in [6.45, 7) is 9.72. The van der Waals surface area contributed by atoms with Gasteiger partial charge >= 0.3 is 0 Å². The van der Waals surface area contributed by atoms with E-state index in [9.17, 15) is 4.79 Å². The van der Waals surface area contributed by atoms with E-state index >= 15 is 0 Å². The minimum atomic E-state index is -1.63. The topological polar surface area (TPSA) is 26.3 Å². The van der Waals surface area contributed by atoms with Gasteiger partial charge in [0.05, 0.1) is 0 Å². The van der Waals surface area contributed by atoms with E-state index in [1.54, 1.807) is 0 Å². The van der Waals surface area contributed by atoms with Crippen LogP contribution in [0.5, 0.6) is 0 Å². The fourth-order valence-corrected chi connectivity index (χ4v) is 1.26. The number of carbonyl (C=O) groups excluding carboxylic acids is 1. The molecule has 0 saturated carbocycles. The molecule has 0 fully saturated rings. The van der Waals surface area contributed by atoms with Crippen LogP contribution in [0, 0.1) is 5.92 Å². The first-order chi connectivity index (χ1) is 4.33. The highest BCUT2D eigenvalue weighted by molar-refractivity contribution is 6.71. The zero-order valence-corrected chi connectivity index (χ0v) is 8.39. The Balaban J connectivity index is 3.81. The van der Waals surface area contributed by atoms with Crippen LogP contribution in [0.3, 0.4) is 0 Å². The molecule has 10 heavy (non-hydrogen) atoms. The fraction of sp³-hybridized carbons (Fsp3) is 0.857. The molecule has 0 heterocycles. The summed E-state index contributed by atoms with van der Waals surface area (Å²) < 4.78 is 5.20. The van der Waals surface area contributed by atoms with Gasteiger partial charge in [-0.05, 0) is 19.6 Å². The molecule has 0 aliphatic carbocycles. The third-order valence-electron chi connectivity index (χ3n) is 0.878. The van der Waals surface area contributed by atoms with Gasteiger partial charge in [0.1, 0.15) is 0 Å². The van der Waals surface area contributed by atoms with Gasteiger partial charge in [-0.25, -0.2) is 0 Å². The molecule has 0 aromatic carbocycles. The summed E-state index contributed by atoms with van der Waals surface area (Å²) in [7, 11) is -1.63. The van der Waals surface area contributed by atoms with Crippen LogP contribution < -0.4 is 0 Å². The van der Waals surface area contributed by atoms with Gasteiger partial charge in [-0.2, -0.15) is 0 Å². The molecule has 0 atom stereocenters. The molecule has 0 rings (SSSR count). The second-order valence-electron chi connectivity index (χ2n) is 3.69. The van der Waals surface area contributed by atoms with Gasteiger partial charge in [-0.1, -0.05) is 13.8 Å². The molecule has 0 aromatic rings. The van der Waals surface area contributed by atoms with Crippen molar-refractivity contribution in [2.45, 2.75) is 33.5 Å². The lowest BCUT2D eigenvalue weighted by Crippen LogP contribution is -2.31. The predicted molar refractivity (Wildman–Crippen MR) is 44.3 cm³/mol. The van der Waals surface area contributed by atoms with Crippen LogP contribution in [0.15, 0.2) is 0 Å². The van der Waals surface area contributed by atoms with E-state index in [-0.39, 0.29) is 11.9 Å². The third-order valence-corrected chi connectivity index (χ3v) is 1.69. The average molecular weight is 160 g/mol. The van der Waals surface area contributed by atoms with Crippen LogP contribution in [0.4, 0.5) is 0 Å². The molecule has 0 aliphatic heterocycles. The Morgan fingerprint density at radius 3 is 1.80 bits per heavy atom. The van der Waals surface area contributed by atoms with Gasteiger partial charge in [-0.3, -0.25) is 4.79 Å². The van der Waals surface area contributed by atoms with E-state index in [1.807, 2.05) is 33.5 Å². The van der Waals surface area contributed by atoms with Crippen molar-refractivity contribution in [1.82, 2.24) is 0 Å². The lowest BCUT2D eigenvalue weighted by molar-refractivity contribution is -0.138. The Bertz CT molecular complexity index is 124. The Labute approximate surface area is 63.7 Å². The van der Waals surface area contributed by atoms with Crippen molar-refractivity contribution in [1.29, 1.82) is 0 Å². The first kappa shape index (κ1) is 9.69. The van der Waals surface area contributed by atoms with Crippen molar-refractivity contribution in [3.63, 3.8) is 0 Å². The van der Waals surface area contributed by atoms with Crippen LogP contribution in [0.2, 0.25) is 19.6 Å². The van der Waals surface area contributed by atoms with Crippen molar-refractivity contribution in [2.75, 3.05) is 0 Å². The molecule has 0 aliphatic rings. The van der Waals surface area contributed by atoms with Gasteiger partial charge in [-0.15, -0.1) is 0 Å².